The van der Waals surface area contributed by atoms with Crippen LogP contribution in [-0.2, 0) is 0 Å². The van der Waals surface area contributed by atoms with E-state index >= 15 is 0 Å². The first kappa shape index (κ1) is 11.1. The molecule has 96 valence electrons. The standard InChI is InChI=1S/C16H10FN3/c17-13-6-7-14-12(8-13)9-15(11-4-2-1-3-5-11)20-16(14)10-18-19-20/h1-10H. The third-order valence-electron chi connectivity index (χ3n) is 3.43. The van der Waals surface area contributed by atoms with Crippen LogP contribution >= 0.6 is 0 Å². The lowest BCUT2D eigenvalue weighted by molar-refractivity contribution is 0.630. The summed E-state index contributed by atoms with van der Waals surface area (Å²) in [6.45, 7) is 0. The Kier molecular flexibility index (Phi) is 2.29. The smallest absolute Gasteiger partial charge is 0.123 e. The lowest BCUT2D eigenvalue weighted by Gasteiger charge is -2.08. The maximum Gasteiger partial charge on any atom is 0.123 e. The van der Waals surface area contributed by atoms with E-state index in [1.54, 1.807) is 16.8 Å². The highest BCUT2D eigenvalue weighted by Crippen LogP contribution is 2.27. The van der Waals surface area contributed by atoms with Crippen molar-refractivity contribution in [3.63, 3.8) is 0 Å². The quantitative estimate of drug-likeness (QED) is 0.524. The number of halogens is 1. The molecule has 20 heavy (non-hydrogen) atoms. The van der Waals surface area contributed by atoms with Gasteiger partial charge < -0.3 is 0 Å². The topological polar surface area (TPSA) is 30.2 Å². The van der Waals surface area contributed by atoms with Crippen LogP contribution in [0.25, 0.3) is 27.5 Å². The van der Waals surface area contributed by atoms with Crippen LogP contribution in [0, 0.1) is 5.82 Å². The number of fused-ring (bicyclic) bond motifs is 3. The molecule has 0 spiro atoms. The van der Waals surface area contributed by atoms with Crippen molar-refractivity contribution in [3.05, 3.63) is 66.6 Å². The highest BCUT2D eigenvalue weighted by Gasteiger charge is 2.10. The summed E-state index contributed by atoms with van der Waals surface area (Å²) < 4.78 is 15.2. The molecule has 4 heteroatoms. The van der Waals surface area contributed by atoms with Crippen LogP contribution in [0.3, 0.4) is 0 Å². The highest BCUT2D eigenvalue weighted by molar-refractivity contribution is 5.98. The molecule has 0 aliphatic rings. The minimum atomic E-state index is -0.242. The van der Waals surface area contributed by atoms with Crippen molar-refractivity contribution in [2.24, 2.45) is 0 Å². The molecule has 2 aromatic heterocycles. The Balaban J connectivity index is 2.16. The number of rotatable bonds is 1. The summed E-state index contributed by atoms with van der Waals surface area (Å²) in [6.07, 6.45) is 1.70. The van der Waals surface area contributed by atoms with E-state index in [1.807, 2.05) is 36.4 Å². The minimum Gasteiger partial charge on any atom is -0.212 e. The summed E-state index contributed by atoms with van der Waals surface area (Å²) >= 11 is 0. The van der Waals surface area contributed by atoms with Crippen LogP contribution in [0.2, 0.25) is 0 Å². The van der Waals surface area contributed by atoms with Gasteiger partial charge in [0.25, 0.3) is 0 Å². The lowest BCUT2D eigenvalue weighted by atomic mass is 10.1. The maximum absolute atomic E-state index is 13.5. The molecule has 3 nitrogen and oxygen atoms in total. The van der Waals surface area contributed by atoms with E-state index in [1.165, 1.54) is 12.1 Å². The van der Waals surface area contributed by atoms with Crippen molar-refractivity contribution >= 4 is 16.3 Å². The Hall–Kier alpha value is -2.75. The molecule has 2 heterocycles. The van der Waals surface area contributed by atoms with Gasteiger partial charge in [-0.15, -0.1) is 5.10 Å². The van der Waals surface area contributed by atoms with E-state index in [0.717, 1.165) is 27.5 Å². The molecule has 0 saturated heterocycles. The average Bonchev–Trinajstić information content (AvgIpc) is 2.96. The fourth-order valence-corrected chi connectivity index (χ4v) is 2.51. The van der Waals surface area contributed by atoms with Crippen molar-refractivity contribution in [1.82, 2.24) is 14.8 Å². The first-order chi connectivity index (χ1) is 9.83. The zero-order valence-electron chi connectivity index (χ0n) is 10.5. The van der Waals surface area contributed by atoms with E-state index in [0.29, 0.717) is 0 Å². The molecule has 0 bridgehead atoms. The van der Waals surface area contributed by atoms with Gasteiger partial charge in [-0.2, -0.15) is 0 Å². The summed E-state index contributed by atoms with van der Waals surface area (Å²) in [7, 11) is 0. The predicted molar refractivity (Wildman–Crippen MR) is 75.9 cm³/mol. The molecule has 0 unspecified atom stereocenters. The van der Waals surface area contributed by atoms with Gasteiger partial charge in [0.15, 0.2) is 0 Å². The van der Waals surface area contributed by atoms with Gasteiger partial charge in [0.05, 0.1) is 17.4 Å². The van der Waals surface area contributed by atoms with Crippen LogP contribution in [0.4, 0.5) is 4.39 Å². The largest absolute Gasteiger partial charge is 0.212 e. The molecular weight excluding hydrogens is 253 g/mol. The van der Waals surface area contributed by atoms with Gasteiger partial charge in [-0.25, -0.2) is 8.91 Å². The summed E-state index contributed by atoms with van der Waals surface area (Å²) in [5.74, 6) is -0.242. The van der Waals surface area contributed by atoms with E-state index in [4.69, 9.17) is 0 Å². The van der Waals surface area contributed by atoms with Gasteiger partial charge >= 0.3 is 0 Å². The molecule has 0 N–H and O–H groups in total. The van der Waals surface area contributed by atoms with Crippen molar-refractivity contribution in [2.45, 2.75) is 0 Å². The number of hydrogen-bond donors (Lipinski definition) is 0. The summed E-state index contributed by atoms with van der Waals surface area (Å²) in [4.78, 5) is 0. The summed E-state index contributed by atoms with van der Waals surface area (Å²) in [6, 6.07) is 16.6. The molecule has 0 fully saturated rings. The Morgan fingerprint density at radius 3 is 2.65 bits per heavy atom. The Morgan fingerprint density at radius 1 is 0.950 bits per heavy atom. The second kappa shape index (κ2) is 4.13. The molecule has 4 rings (SSSR count). The Labute approximate surface area is 114 Å². The van der Waals surface area contributed by atoms with Crippen LogP contribution in [0.5, 0.6) is 0 Å². The van der Waals surface area contributed by atoms with Gasteiger partial charge in [-0.3, -0.25) is 0 Å². The van der Waals surface area contributed by atoms with Crippen molar-refractivity contribution in [2.75, 3.05) is 0 Å². The average molecular weight is 263 g/mol. The Morgan fingerprint density at radius 2 is 1.80 bits per heavy atom. The van der Waals surface area contributed by atoms with Crippen LogP contribution < -0.4 is 0 Å². The number of benzene rings is 2. The molecule has 0 aliphatic carbocycles. The van der Waals surface area contributed by atoms with Crippen LogP contribution in [0.1, 0.15) is 0 Å². The van der Waals surface area contributed by atoms with Crippen LogP contribution in [-0.4, -0.2) is 14.8 Å². The second-order valence-corrected chi connectivity index (χ2v) is 4.66. The van der Waals surface area contributed by atoms with Crippen molar-refractivity contribution < 1.29 is 4.39 Å². The zero-order chi connectivity index (χ0) is 13.5. The van der Waals surface area contributed by atoms with Gasteiger partial charge in [0.1, 0.15) is 5.82 Å². The number of aromatic nitrogens is 3. The fraction of sp³-hybridized carbons (Fsp3) is 0. The SMILES string of the molecule is Fc1ccc2c(c1)cc(-c1ccccc1)n1nncc21. The minimum absolute atomic E-state index is 0.242. The molecule has 2 aromatic carbocycles. The van der Waals surface area contributed by atoms with Gasteiger partial charge in [0, 0.05) is 10.9 Å². The second-order valence-electron chi connectivity index (χ2n) is 4.66. The zero-order valence-corrected chi connectivity index (χ0v) is 10.5. The van der Waals surface area contributed by atoms with E-state index in [9.17, 15) is 4.39 Å². The van der Waals surface area contributed by atoms with Crippen molar-refractivity contribution in [1.29, 1.82) is 0 Å². The molecule has 4 aromatic rings. The molecule has 0 amide bonds. The van der Waals surface area contributed by atoms with Gasteiger partial charge in [0.2, 0.25) is 0 Å². The first-order valence-corrected chi connectivity index (χ1v) is 6.31. The van der Waals surface area contributed by atoms with Gasteiger partial charge in [-0.1, -0.05) is 35.5 Å². The lowest BCUT2D eigenvalue weighted by Crippen LogP contribution is -1.95. The molecule has 0 aliphatic heterocycles. The van der Waals surface area contributed by atoms with Crippen LogP contribution in [0.15, 0.2) is 60.8 Å². The maximum atomic E-state index is 13.5. The normalized spacial score (nSPS) is 11.2. The van der Waals surface area contributed by atoms with E-state index in [2.05, 4.69) is 10.3 Å². The van der Waals surface area contributed by atoms with E-state index in [-0.39, 0.29) is 5.82 Å². The summed E-state index contributed by atoms with van der Waals surface area (Å²) in [5.41, 5.74) is 2.80. The molecule has 0 atom stereocenters. The highest BCUT2D eigenvalue weighted by atomic mass is 19.1. The fourth-order valence-electron chi connectivity index (χ4n) is 2.51. The van der Waals surface area contributed by atoms with E-state index < -0.39 is 0 Å². The summed E-state index contributed by atoms with van der Waals surface area (Å²) in [5, 5.41) is 9.91. The first-order valence-electron chi connectivity index (χ1n) is 6.31. The van der Waals surface area contributed by atoms with Crippen molar-refractivity contribution in [3.8, 4) is 11.3 Å². The predicted octanol–water partition coefficient (Wildman–Crippen LogP) is 3.69. The van der Waals surface area contributed by atoms with Gasteiger partial charge in [-0.05, 0) is 29.7 Å². The molecule has 0 saturated carbocycles. The molecular formula is C16H10FN3. The third-order valence-corrected chi connectivity index (χ3v) is 3.43. The number of hydrogen-bond acceptors (Lipinski definition) is 2. The number of pyridine rings is 1. The number of nitrogens with zero attached hydrogens (tertiary/aromatic N) is 3. The third kappa shape index (κ3) is 1.58. The Bertz CT molecular complexity index is 913. The monoisotopic (exact) mass is 263 g/mol. The molecule has 0 radical (unpaired) electrons.